The Balaban J connectivity index is 1.65. The van der Waals surface area contributed by atoms with Crippen molar-refractivity contribution >= 4 is 11.9 Å². The molecule has 162 valence electrons. The Kier molecular flexibility index (Phi) is 9.61. The highest BCUT2D eigenvalue weighted by Crippen LogP contribution is 2.35. The molecular weight excluding hydrogens is 372 g/mol. The lowest BCUT2D eigenvalue weighted by Gasteiger charge is -2.43. The van der Waals surface area contributed by atoms with Crippen molar-refractivity contribution in [3.8, 4) is 0 Å². The van der Waals surface area contributed by atoms with Crippen molar-refractivity contribution in [3.05, 3.63) is 35.9 Å². The van der Waals surface area contributed by atoms with Crippen LogP contribution in [0.1, 0.15) is 52.5 Å². The predicted molar refractivity (Wildman–Crippen MR) is 109 cm³/mol. The zero-order chi connectivity index (χ0) is 21.2. The molecule has 0 aromatic heterocycles. The summed E-state index contributed by atoms with van der Waals surface area (Å²) in [6.45, 7) is 8.89. The van der Waals surface area contributed by atoms with Crippen molar-refractivity contribution in [3.63, 3.8) is 0 Å². The second kappa shape index (κ2) is 11.9. The lowest BCUT2D eigenvalue weighted by atomic mass is 9.79. The Bertz CT molecular complexity index is 632. The van der Waals surface area contributed by atoms with Crippen LogP contribution in [0.5, 0.6) is 0 Å². The van der Waals surface area contributed by atoms with Gasteiger partial charge in [0.2, 0.25) is 0 Å². The van der Waals surface area contributed by atoms with Crippen LogP contribution in [0.4, 0.5) is 0 Å². The van der Waals surface area contributed by atoms with Gasteiger partial charge >= 0.3 is 11.9 Å². The van der Waals surface area contributed by atoms with Crippen molar-refractivity contribution in [2.75, 3.05) is 13.2 Å². The molecule has 0 saturated carbocycles. The summed E-state index contributed by atoms with van der Waals surface area (Å²) >= 11 is 0. The molecule has 1 fully saturated rings. The average Bonchev–Trinajstić information content (AvgIpc) is 2.71. The van der Waals surface area contributed by atoms with Crippen LogP contribution in [0.2, 0.25) is 0 Å². The first kappa shape index (κ1) is 23.4. The summed E-state index contributed by atoms with van der Waals surface area (Å²) in [7, 11) is 0. The van der Waals surface area contributed by atoms with Gasteiger partial charge in [0, 0.05) is 25.9 Å². The fourth-order valence-electron chi connectivity index (χ4n) is 3.45. The van der Waals surface area contributed by atoms with Crippen LogP contribution < -0.4 is 0 Å². The molecular formula is C23H34O6. The number of carbonyl (C=O) groups excluding carboxylic acids is 2. The van der Waals surface area contributed by atoms with E-state index in [4.69, 9.17) is 18.9 Å². The van der Waals surface area contributed by atoms with E-state index in [0.29, 0.717) is 32.0 Å². The normalized spacial score (nSPS) is 26.7. The summed E-state index contributed by atoms with van der Waals surface area (Å²) in [4.78, 5) is 23.0. The van der Waals surface area contributed by atoms with E-state index in [9.17, 15) is 9.59 Å². The highest BCUT2D eigenvalue weighted by molar-refractivity contribution is 5.69. The molecule has 1 aliphatic rings. The first-order valence-corrected chi connectivity index (χ1v) is 10.5. The molecule has 1 aromatic carbocycles. The van der Waals surface area contributed by atoms with Gasteiger partial charge in [-0.2, -0.15) is 0 Å². The fourth-order valence-corrected chi connectivity index (χ4v) is 3.45. The zero-order valence-corrected chi connectivity index (χ0v) is 18.0. The van der Waals surface area contributed by atoms with Gasteiger partial charge in [0.15, 0.2) is 6.29 Å². The van der Waals surface area contributed by atoms with Gasteiger partial charge < -0.3 is 18.9 Å². The minimum atomic E-state index is -0.327. The molecule has 6 heteroatoms. The molecule has 0 radical (unpaired) electrons. The Hall–Kier alpha value is -1.92. The second-order valence-corrected chi connectivity index (χ2v) is 7.90. The lowest BCUT2D eigenvalue weighted by molar-refractivity contribution is -0.255. The summed E-state index contributed by atoms with van der Waals surface area (Å²) in [6, 6.07) is 9.65. The summed E-state index contributed by atoms with van der Waals surface area (Å²) < 4.78 is 22.4. The van der Waals surface area contributed by atoms with Crippen molar-refractivity contribution < 1.29 is 28.5 Å². The maximum atomic E-state index is 11.9. The van der Waals surface area contributed by atoms with Gasteiger partial charge in [-0.1, -0.05) is 51.1 Å². The quantitative estimate of drug-likeness (QED) is 0.430. The molecule has 1 aliphatic heterocycles. The summed E-state index contributed by atoms with van der Waals surface area (Å²) in [5, 5.41) is 0. The maximum Gasteiger partial charge on any atom is 0.306 e. The first-order valence-electron chi connectivity index (χ1n) is 10.5. The van der Waals surface area contributed by atoms with E-state index in [1.807, 2.05) is 30.3 Å². The van der Waals surface area contributed by atoms with E-state index in [1.165, 1.54) is 6.92 Å². The molecule has 0 spiro atoms. The van der Waals surface area contributed by atoms with Crippen LogP contribution in [0.15, 0.2) is 30.3 Å². The van der Waals surface area contributed by atoms with E-state index in [0.717, 1.165) is 12.0 Å². The topological polar surface area (TPSA) is 71.1 Å². The van der Waals surface area contributed by atoms with Crippen molar-refractivity contribution in [2.24, 2.45) is 17.8 Å². The van der Waals surface area contributed by atoms with Crippen LogP contribution in [-0.4, -0.2) is 37.5 Å². The summed E-state index contributed by atoms with van der Waals surface area (Å²) in [6.07, 6.45) is 1.35. The van der Waals surface area contributed by atoms with Crippen molar-refractivity contribution in [1.82, 2.24) is 0 Å². The van der Waals surface area contributed by atoms with Crippen LogP contribution in [0.25, 0.3) is 0 Å². The molecule has 0 N–H and O–H groups in total. The molecule has 0 aliphatic carbocycles. The van der Waals surface area contributed by atoms with Crippen LogP contribution >= 0.6 is 0 Å². The highest BCUT2D eigenvalue weighted by atomic mass is 16.7. The minimum Gasteiger partial charge on any atom is -0.463 e. The van der Waals surface area contributed by atoms with Gasteiger partial charge in [0.05, 0.1) is 6.10 Å². The minimum absolute atomic E-state index is 0.164. The smallest absolute Gasteiger partial charge is 0.306 e. The molecule has 2 rings (SSSR count). The van der Waals surface area contributed by atoms with E-state index in [2.05, 4.69) is 20.8 Å². The zero-order valence-electron chi connectivity index (χ0n) is 18.0. The van der Waals surface area contributed by atoms with Gasteiger partial charge in [0.25, 0.3) is 0 Å². The van der Waals surface area contributed by atoms with Crippen molar-refractivity contribution in [1.29, 1.82) is 0 Å². The predicted octanol–water partition coefficient (Wildman–Crippen LogP) is 4.11. The Morgan fingerprint density at radius 1 is 0.966 bits per heavy atom. The third-order valence-electron chi connectivity index (χ3n) is 5.73. The van der Waals surface area contributed by atoms with Gasteiger partial charge in [-0.15, -0.1) is 0 Å². The standard InChI is InChI=1S/C23H34O6/c1-16-17(2)21(15-27-19(4)24)29-23(18(16)3)26-13-9-8-12-22(25)28-14-20-10-6-5-7-11-20/h5-7,10-11,16-18,21,23H,8-9,12-15H2,1-4H3. The van der Waals surface area contributed by atoms with E-state index >= 15 is 0 Å². The largest absolute Gasteiger partial charge is 0.463 e. The van der Waals surface area contributed by atoms with Crippen LogP contribution in [0, 0.1) is 17.8 Å². The van der Waals surface area contributed by atoms with Gasteiger partial charge in [-0.3, -0.25) is 9.59 Å². The third-order valence-corrected chi connectivity index (χ3v) is 5.73. The number of esters is 2. The van der Waals surface area contributed by atoms with Crippen LogP contribution in [0.3, 0.4) is 0 Å². The first-order chi connectivity index (χ1) is 13.9. The average molecular weight is 407 g/mol. The maximum absolute atomic E-state index is 11.9. The summed E-state index contributed by atoms with van der Waals surface area (Å²) in [5.74, 6) is 0.420. The Morgan fingerprint density at radius 2 is 1.69 bits per heavy atom. The number of rotatable bonds is 10. The Morgan fingerprint density at radius 3 is 2.38 bits per heavy atom. The molecule has 1 saturated heterocycles. The Labute approximate surface area is 173 Å². The van der Waals surface area contributed by atoms with Crippen molar-refractivity contribution in [2.45, 2.75) is 66.0 Å². The molecule has 5 atom stereocenters. The highest BCUT2D eigenvalue weighted by Gasteiger charge is 2.40. The SMILES string of the molecule is CC(=O)OCC1OC(OCCCCC(=O)OCc2ccccc2)C(C)C(C)C1C. The second-order valence-electron chi connectivity index (χ2n) is 7.90. The monoisotopic (exact) mass is 406 g/mol. The number of carbonyl (C=O) groups is 2. The lowest BCUT2D eigenvalue weighted by Crippen LogP contribution is -2.47. The summed E-state index contributed by atoms with van der Waals surface area (Å²) in [5.41, 5.74) is 0.985. The van der Waals surface area contributed by atoms with Crippen LogP contribution in [-0.2, 0) is 35.1 Å². The number of hydrogen-bond acceptors (Lipinski definition) is 6. The molecule has 5 unspecified atom stereocenters. The molecule has 6 nitrogen and oxygen atoms in total. The number of ether oxygens (including phenoxy) is 4. The van der Waals surface area contributed by atoms with Gasteiger partial charge in [-0.05, 0) is 30.2 Å². The fraction of sp³-hybridized carbons (Fsp3) is 0.652. The molecule has 0 bridgehead atoms. The number of benzene rings is 1. The number of hydrogen-bond donors (Lipinski definition) is 0. The van der Waals surface area contributed by atoms with Gasteiger partial charge in [0.1, 0.15) is 13.2 Å². The van der Waals surface area contributed by atoms with E-state index in [-0.39, 0.29) is 42.8 Å². The van der Waals surface area contributed by atoms with E-state index in [1.54, 1.807) is 0 Å². The molecule has 1 aromatic rings. The molecule has 0 amide bonds. The third kappa shape index (κ3) is 7.78. The molecule has 29 heavy (non-hydrogen) atoms. The molecule has 1 heterocycles. The number of unbranched alkanes of at least 4 members (excludes halogenated alkanes) is 1. The van der Waals surface area contributed by atoms with E-state index < -0.39 is 0 Å². The van der Waals surface area contributed by atoms with Gasteiger partial charge in [-0.25, -0.2) is 0 Å².